The molecule has 6 rings (SSSR count). The second kappa shape index (κ2) is 6.43. The number of imide groups is 1. The Morgan fingerprint density at radius 1 is 0.839 bits per heavy atom. The third kappa shape index (κ3) is 2.25. The molecule has 0 bridgehead atoms. The number of carbonyl (C=O) groups excluding carboxylic acids is 2. The van der Waals surface area contributed by atoms with Crippen molar-refractivity contribution in [2.45, 2.75) is 13.0 Å². The molecule has 6 nitrogen and oxygen atoms in total. The zero-order valence-electron chi connectivity index (χ0n) is 17.5. The molecule has 5 aromatic rings. The molecular formula is C25H22N4O2. The van der Waals surface area contributed by atoms with Gasteiger partial charge in [0.05, 0.1) is 22.2 Å². The molecule has 0 radical (unpaired) electrons. The predicted molar refractivity (Wildman–Crippen MR) is 124 cm³/mol. The molecule has 2 N–H and O–H groups in total. The molecule has 6 heteroatoms. The third-order valence-electron chi connectivity index (χ3n) is 6.54. The summed E-state index contributed by atoms with van der Waals surface area (Å²) in [5.74, 6) is -0.617. The fraction of sp³-hybridized carbons (Fsp3) is 0.200. The summed E-state index contributed by atoms with van der Waals surface area (Å²) in [6, 6.07) is 16.3. The largest absolute Gasteiger partial charge is 0.342 e. The van der Waals surface area contributed by atoms with Gasteiger partial charge in [-0.2, -0.15) is 0 Å². The Balaban J connectivity index is 1.93. The van der Waals surface area contributed by atoms with Crippen molar-refractivity contribution in [1.82, 2.24) is 19.8 Å². The maximum atomic E-state index is 13.0. The van der Waals surface area contributed by atoms with Crippen LogP contribution in [0.15, 0.2) is 48.5 Å². The van der Waals surface area contributed by atoms with E-state index in [0.29, 0.717) is 11.1 Å². The van der Waals surface area contributed by atoms with Crippen LogP contribution >= 0.6 is 0 Å². The van der Waals surface area contributed by atoms with Crippen LogP contribution in [0.25, 0.3) is 43.6 Å². The minimum Gasteiger partial charge on any atom is -0.342 e. The van der Waals surface area contributed by atoms with E-state index in [1.165, 1.54) is 0 Å². The molecule has 0 saturated carbocycles. The molecule has 2 amide bonds. The second-order valence-corrected chi connectivity index (χ2v) is 8.18. The standard InChI is InChI=1S/C25H22N4O2/c1-26-12-7-13-29-17-11-6-4-9-15(17)19-21-20(24(30)27-25(21)31)18-14-8-3-5-10-16(14)28(2)22(18)23(19)29/h3-6,8-11,26H,7,12-13H2,1-2H3,(H,27,30,31). The van der Waals surface area contributed by atoms with E-state index in [1.54, 1.807) is 0 Å². The number of nitrogens with zero attached hydrogens (tertiary/aromatic N) is 2. The fourth-order valence-electron chi connectivity index (χ4n) is 5.30. The van der Waals surface area contributed by atoms with Crippen LogP contribution in [0.2, 0.25) is 0 Å². The molecule has 0 atom stereocenters. The molecule has 0 unspecified atom stereocenters. The van der Waals surface area contributed by atoms with Gasteiger partial charge < -0.3 is 14.5 Å². The van der Waals surface area contributed by atoms with Crippen molar-refractivity contribution in [2.24, 2.45) is 7.05 Å². The van der Waals surface area contributed by atoms with Gasteiger partial charge in [0.2, 0.25) is 0 Å². The van der Waals surface area contributed by atoms with Gasteiger partial charge in [-0.1, -0.05) is 36.4 Å². The highest BCUT2D eigenvalue weighted by atomic mass is 16.2. The van der Waals surface area contributed by atoms with Crippen molar-refractivity contribution >= 4 is 55.4 Å². The van der Waals surface area contributed by atoms with Gasteiger partial charge in [0.15, 0.2) is 0 Å². The number of rotatable bonds is 4. The van der Waals surface area contributed by atoms with E-state index in [-0.39, 0.29) is 11.8 Å². The summed E-state index contributed by atoms with van der Waals surface area (Å²) in [6.07, 6.45) is 0.956. The molecule has 3 heterocycles. The van der Waals surface area contributed by atoms with Crippen LogP contribution in [0.3, 0.4) is 0 Å². The summed E-state index contributed by atoms with van der Waals surface area (Å²) in [5, 5.41) is 9.52. The van der Waals surface area contributed by atoms with Crippen molar-refractivity contribution in [2.75, 3.05) is 13.6 Å². The van der Waals surface area contributed by atoms with Crippen molar-refractivity contribution in [1.29, 1.82) is 0 Å². The Labute approximate surface area is 178 Å². The lowest BCUT2D eigenvalue weighted by molar-refractivity contribution is 0.0880. The fourth-order valence-corrected chi connectivity index (χ4v) is 5.30. The number of aryl methyl sites for hydroxylation is 2. The van der Waals surface area contributed by atoms with Crippen LogP contribution < -0.4 is 10.6 Å². The van der Waals surface area contributed by atoms with Crippen molar-refractivity contribution in [3.63, 3.8) is 0 Å². The molecule has 3 aromatic carbocycles. The van der Waals surface area contributed by atoms with Crippen LogP contribution in [0, 0.1) is 0 Å². The quantitative estimate of drug-likeness (QED) is 0.348. The highest BCUT2D eigenvalue weighted by Gasteiger charge is 2.36. The van der Waals surface area contributed by atoms with E-state index in [9.17, 15) is 9.59 Å². The lowest BCUT2D eigenvalue weighted by atomic mass is 9.96. The molecule has 1 aliphatic rings. The van der Waals surface area contributed by atoms with Gasteiger partial charge in [-0.15, -0.1) is 0 Å². The Hall–Kier alpha value is -3.64. The van der Waals surface area contributed by atoms with Crippen LogP contribution in [0.5, 0.6) is 0 Å². The van der Waals surface area contributed by atoms with E-state index in [2.05, 4.69) is 38.0 Å². The normalized spacial score (nSPS) is 13.7. The number of nitrogens with one attached hydrogen (secondary N) is 2. The lowest BCUT2D eigenvalue weighted by Gasteiger charge is -2.11. The summed E-state index contributed by atoms with van der Waals surface area (Å²) in [5.41, 5.74) is 5.16. The van der Waals surface area contributed by atoms with Gasteiger partial charge >= 0.3 is 0 Å². The second-order valence-electron chi connectivity index (χ2n) is 8.18. The van der Waals surface area contributed by atoms with Gasteiger partial charge in [-0.3, -0.25) is 14.9 Å². The summed E-state index contributed by atoms with van der Waals surface area (Å²) < 4.78 is 4.48. The number of aromatic nitrogens is 2. The monoisotopic (exact) mass is 410 g/mol. The van der Waals surface area contributed by atoms with Gasteiger partial charge in [0.25, 0.3) is 11.8 Å². The molecule has 1 aliphatic heterocycles. The van der Waals surface area contributed by atoms with Crippen molar-refractivity contribution in [3.8, 4) is 0 Å². The average Bonchev–Trinajstić information content (AvgIpc) is 3.37. The molecule has 154 valence electrons. The van der Waals surface area contributed by atoms with Crippen molar-refractivity contribution in [3.05, 3.63) is 59.7 Å². The summed E-state index contributed by atoms with van der Waals surface area (Å²) >= 11 is 0. The smallest absolute Gasteiger partial charge is 0.259 e. The average molecular weight is 410 g/mol. The first-order valence-corrected chi connectivity index (χ1v) is 10.6. The Morgan fingerprint density at radius 3 is 2.10 bits per heavy atom. The lowest BCUT2D eigenvalue weighted by Crippen LogP contribution is -2.20. The van der Waals surface area contributed by atoms with E-state index in [0.717, 1.165) is 63.1 Å². The number of fused-ring (bicyclic) bond motifs is 10. The predicted octanol–water partition coefficient (Wildman–Crippen LogP) is 3.93. The number of carbonyl (C=O) groups is 2. The minimum absolute atomic E-state index is 0.307. The molecule has 31 heavy (non-hydrogen) atoms. The highest BCUT2D eigenvalue weighted by Crippen LogP contribution is 2.44. The molecule has 0 aliphatic carbocycles. The SMILES string of the molecule is CNCCCn1c2ccccc2c2c3c(c4c5ccccc5n(C)c4c21)C(=O)NC3=O. The van der Waals surface area contributed by atoms with E-state index in [1.807, 2.05) is 44.4 Å². The number of benzene rings is 3. The van der Waals surface area contributed by atoms with Crippen LogP contribution in [0.4, 0.5) is 0 Å². The zero-order chi connectivity index (χ0) is 21.3. The molecule has 0 spiro atoms. The van der Waals surface area contributed by atoms with Gasteiger partial charge in [-0.05, 0) is 32.1 Å². The van der Waals surface area contributed by atoms with Crippen molar-refractivity contribution < 1.29 is 9.59 Å². The molecular weight excluding hydrogens is 388 g/mol. The van der Waals surface area contributed by atoms with Gasteiger partial charge in [0, 0.05) is 46.2 Å². The third-order valence-corrected chi connectivity index (χ3v) is 6.54. The first-order valence-electron chi connectivity index (χ1n) is 10.6. The van der Waals surface area contributed by atoms with E-state index < -0.39 is 0 Å². The molecule has 0 fully saturated rings. The van der Waals surface area contributed by atoms with E-state index >= 15 is 0 Å². The number of amides is 2. The Kier molecular flexibility index (Phi) is 3.76. The number of para-hydroxylation sites is 2. The molecule has 2 aromatic heterocycles. The number of hydrogen-bond donors (Lipinski definition) is 2. The summed E-state index contributed by atoms with van der Waals surface area (Å²) in [6.45, 7) is 1.71. The van der Waals surface area contributed by atoms with E-state index in [4.69, 9.17) is 0 Å². The maximum absolute atomic E-state index is 13.0. The first kappa shape index (κ1) is 18.2. The van der Waals surface area contributed by atoms with Crippen LogP contribution in [-0.4, -0.2) is 34.5 Å². The summed E-state index contributed by atoms with van der Waals surface area (Å²) in [4.78, 5) is 26.0. The topological polar surface area (TPSA) is 68.1 Å². The van der Waals surface area contributed by atoms with Gasteiger partial charge in [0.1, 0.15) is 0 Å². The first-order chi connectivity index (χ1) is 15.1. The Bertz CT molecular complexity index is 1570. The highest BCUT2D eigenvalue weighted by molar-refractivity contribution is 6.39. The molecule has 0 saturated heterocycles. The summed E-state index contributed by atoms with van der Waals surface area (Å²) in [7, 11) is 4.00. The number of hydrogen-bond acceptors (Lipinski definition) is 3. The van der Waals surface area contributed by atoms with Crippen LogP contribution in [-0.2, 0) is 13.6 Å². The van der Waals surface area contributed by atoms with Gasteiger partial charge in [-0.25, -0.2) is 0 Å². The zero-order valence-corrected chi connectivity index (χ0v) is 17.5. The Morgan fingerprint density at radius 2 is 1.42 bits per heavy atom. The van der Waals surface area contributed by atoms with Crippen LogP contribution in [0.1, 0.15) is 27.1 Å². The minimum atomic E-state index is -0.310. The maximum Gasteiger partial charge on any atom is 0.259 e.